The molecule has 2 aromatic rings. The number of rotatable bonds is 9. The van der Waals surface area contributed by atoms with Crippen molar-refractivity contribution >= 4 is 5.97 Å². The molecule has 0 unspecified atom stereocenters. The molecule has 4 atom stereocenters. The van der Waals surface area contributed by atoms with E-state index in [9.17, 15) is 4.79 Å². The van der Waals surface area contributed by atoms with E-state index in [1.807, 2.05) is 60.7 Å². The minimum Gasteiger partial charge on any atom is -0.481 e. The lowest BCUT2D eigenvalue weighted by atomic mass is 9.92. The molecule has 29 heavy (non-hydrogen) atoms. The maximum absolute atomic E-state index is 11.1. The maximum atomic E-state index is 11.1. The van der Waals surface area contributed by atoms with Crippen LogP contribution in [0, 0.1) is 0 Å². The molecule has 156 valence electrons. The molecule has 5 N–H and O–H groups in total. The van der Waals surface area contributed by atoms with Crippen LogP contribution < -0.4 is 11.5 Å². The van der Waals surface area contributed by atoms with Crippen LogP contribution in [0.25, 0.3) is 0 Å². The van der Waals surface area contributed by atoms with Crippen molar-refractivity contribution < 1.29 is 19.4 Å². The Morgan fingerprint density at radius 3 is 1.72 bits per heavy atom. The number of benzene rings is 2. The highest BCUT2D eigenvalue weighted by Crippen LogP contribution is 2.36. The number of carboxylic acid groups (broad SMARTS) is 1. The van der Waals surface area contributed by atoms with Gasteiger partial charge in [-0.05, 0) is 30.9 Å². The molecule has 0 bridgehead atoms. The van der Waals surface area contributed by atoms with Gasteiger partial charge in [-0.3, -0.25) is 4.79 Å². The Hall–Kier alpha value is -2.25. The van der Waals surface area contributed by atoms with Crippen LogP contribution in [0.1, 0.15) is 30.9 Å². The van der Waals surface area contributed by atoms with Crippen LogP contribution in [0.5, 0.6) is 0 Å². The summed E-state index contributed by atoms with van der Waals surface area (Å²) in [5.74, 6) is -1.91. The molecule has 3 rings (SSSR count). The van der Waals surface area contributed by atoms with Crippen LogP contribution in [-0.4, -0.2) is 41.2 Å². The first-order chi connectivity index (χ1) is 13.9. The van der Waals surface area contributed by atoms with Gasteiger partial charge >= 0.3 is 5.97 Å². The van der Waals surface area contributed by atoms with Gasteiger partial charge in [0.15, 0.2) is 5.79 Å². The molecule has 1 aliphatic rings. The Kier molecular flexibility index (Phi) is 7.03. The third-order valence-corrected chi connectivity index (χ3v) is 5.36. The summed E-state index contributed by atoms with van der Waals surface area (Å²) in [6.45, 7) is 1.77. The van der Waals surface area contributed by atoms with Crippen LogP contribution >= 0.6 is 0 Å². The van der Waals surface area contributed by atoms with E-state index in [1.165, 1.54) is 0 Å². The van der Waals surface area contributed by atoms with Gasteiger partial charge in [0.05, 0.1) is 6.42 Å². The number of hydrogen-bond acceptors (Lipinski definition) is 5. The van der Waals surface area contributed by atoms with Crippen LogP contribution in [0.15, 0.2) is 60.7 Å². The molecule has 2 aromatic carbocycles. The summed E-state index contributed by atoms with van der Waals surface area (Å²) in [6, 6.07) is 19.3. The number of carboxylic acids is 1. The number of ether oxygens (including phenoxy) is 2. The van der Waals surface area contributed by atoms with Crippen molar-refractivity contribution in [3.8, 4) is 0 Å². The third kappa shape index (κ3) is 5.87. The molecular formula is C23H30N2O4. The summed E-state index contributed by atoms with van der Waals surface area (Å²) in [4.78, 5) is 11.1. The monoisotopic (exact) mass is 398 g/mol. The van der Waals surface area contributed by atoms with Gasteiger partial charge in [0.1, 0.15) is 12.2 Å². The van der Waals surface area contributed by atoms with Crippen molar-refractivity contribution in [2.75, 3.05) is 0 Å². The predicted octanol–water partition coefficient (Wildman–Crippen LogP) is 2.49. The molecular weight excluding hydrogens is 368 g/mol. The van der Waals surface area contributed by atoms with Crippen molar-refractivity contribution in [2.45, 2.75) is 62.7 Å². The zero-order chi connectivity index (χ0) is 20.9. The van der Waals surface area contributed by atoms with E-state index in [2.05, 4.69) is 0 Å². The van der Waals surface area contributed by atoms with Gasteiger partial charge < -0.3 is 26.0 Å². The van der Waals surface area contributed by atoms with Crippen LogP contribution in [-0.2, 0) is 27.1 Å². The van der Waals surface area contributed by atoms with E-state index in [0.29, 0.717) is 12.8 Å². The first kappa shape index (κ1) is 21.5. The molecule has 0 spiro atoms. The van der Waals surface area contributed by atoms with Gasteiger partial charge in [-0.1, -0.05) is 60.7 Å². The molecule has 1 fully saturated rings. The summed E-state index contributed by atoms with van der Waals surface area (Å²) in [5, 5.41) is 9.07. The maximum Gasteiger partial charge on any atom is 0.303 e. The Labute approximate surface area is 171 Å². The SMILES string of the molecule is CC1(CCC(=O)O)O[C@H]([C@@H](N)Cc2ccccc2)[C@@H]([C@@H](N)Cc2ccccc2)O1. The van der Waals surface area contributed by atoms with E-state index >= 15 is 0 Å². The average molecular weight is 399 g/mol. The number of aliphatic carboxylic acids is 1. The largest absolute Gasteiger partial charge is 0.481 e. The van der Waals surface area contributed by atoms with Crippen molar-refractivity contribution in [1.82, 2.24) is 0 Å². The molecule has 0 radical (unpaired) electrons. The lowest BCUT2D eigenvalue weighted by Crippen LogP contribution is -2.51. The normalized spacial score (nSPS) is 26.2. The second-order valence-electron chi connectivity index (χ2n) is 7.90. The Balaban J connectivity index is 1.76. The standard InChI is InChI=1S/C23H30N2O4/c1-23(13-12-20(26)27)28-21(18(24)14-16-8-4-2-5-9-16)22(29-23)19(25)15-17-10-6-3-7-11-17/h2-11,18-19,21-22H,12-15,24-25H2,1H3,(H,26,27)/t18-,19-,21+,22+/m0/s1. The summed E-state index contributed by atoms with van der Waals surface area (Å²) in [7, 11) is 0. The smallest absolute Gasteiger partial charge is 0.303 e. The molecule has 1 heterocycles. The minimum absolute atomic E-state index is 0.0439. The fraction of sp³-hybridized carbons (Fsp3) is 0.435. The fourth-order valence-corrected chi connectivity index (χ4v) is 3.86. The molecule has 0 amide bonds. The summed E-state index contributed by atoms with van der Waals surface area (Å²) < 4.78 is 12.4. The molecule has 1 saturated heterocycles. The first-order valence-corrected chi connectivity index (χ1v) is 10.0. The Morgan fingerprint density at radius 2 is 1.34 bits per heavy atom. The van der Waals surface area contributed by atoms with Crippen LogP contribution in [0.4, 0.5) is 0 Å². The molecule has 6 heteroatoms. The van der Waals surface area contributed by atoms with Gasteiger partial charge in [0.2, 0.25) is 0 Å². The van der Waals surface area contributed by atoms with Gasteiger partial charge in [0.25, 0.3) is 0 Å². The highest BCUT2D eigenvalue weighted by Gasteiger charge is 2.48. The van der Waals surface area contributed by atoms with E-state index in [0.717, 1.165) is 11.1 Å². The number of carbonyl (C=O) groups is 1. The van der Waals surface area contributed by atoms with Gasteiger partial charge in [-0.25, -0.2) is 0 Å². The number of nitrogens with two attached hydrogens (primary N) is 2. The van der Waals surface area contributed by atoms with Gasteiger partial charge in [-0.2, -0.15) is 0 Å². The highest BCUT2D eigenvalue weighted by atomic mass is 16.8. The van der Waals surface area contributed by atoms with Crippen molar-refractivity contribution in [1.29, 1.82) is 0 Å². The van der Waals surface area contributed by atoms with Crippen LogP contribution in [0.2, 0.25) is 0 Å². The van der Waals surface area contributed by atoms with E-state index < -0.39 is 24.0 Å². The van der Waals surface area contributed by atoms with Crippen LogP contribution in [0.3, 0.4) is 0 Å². The van der Waals surface area contributed by atoms with Gasteiger partial charge in [0, 0.05) is 18.5 Å². The summed E-state index contributed by atoms with van der Waals surface area (Å²) in [5.41, 5.74) is 15.3. The first-order valence-electron chi connectivity index (χ1n) is 10.0. The van der Waals surface area contributed by atoms with Crippen molar-refractivity contribution in [3.05, 3.63) is 71.8 Å². The summed E-state index contributed by atoms with van der Waals surface area (Å²) in [6.07, 6.45) is 0.598. The predicted molar refractivity (Wildman–Crippen MR) is 111 cm³/mol. The molecule has 0 aliphatic carbocycles. The van der Waals surface area contributed by atoms with Gasteiger partial charge in [-0.15, -0.1) is 0 Å². The molecule has 0 saturated carbocycles. The Bertz CT molecular complexity index is 728. The van der Waals surface area contributed by atoms with Crippen molar-refractivity contribution in [3.63, 3.8) is 0 Å². The summed E-state index contributed by atoms with van der Waals surface area (Å²) >= 11 is 0. The zero-order valence-electron chi connectivity index (χ0n) is 16.7. The lowest BCUT2D eigenvalue weighted by molar-refractivity contribution is -0.174. The molecule has 6 nitrogen and oxygen atoms in total. The van der Waals surface area contributed by atoms with E-state index in [4.69, 9.17) is 26.0 Å². The quantitative estimate of drug-likeness (QED) is 0.599. The third-order valence-electron chi connectivity index (χ3n) is 5.36. The van der Waals surface area contributed by atoms with Crippen molar-refractivity contribution in [2.24, 2.45) is 11.5 Å². The molecule has 0 aromatic heterocycles. The Morgan fingerprint density at radius 1 is 0.931 bits per heavy atom. The second kappa shape index (κ2) is 9.50. The number of hydrogen-bond donors (Lipinski definition) is 3. The van der Waals surface area contributed by atoms with E-state index in [1.54, 1.807) is 6.92 Å². The lowest BCUT2D eigenvalue weighted by Gasteiger charge is -2.27. The minimum atomic E-state index is -1.02. The van der Waals surface area contributed by atoms with E-state index in [-0.39, 0.29) is 24.9 Å². The average Bonchev–Trinajstić information content (AvgIpc) is 3.07. The fourth-order valence-electron chi connectivity index (χ4n) is 3.86. The molecule has 1 aliphatic heterocycles. The zero-order valence-corrected chi connectivity index (χ0v) is 16.7. The topological polar surface area (TPSA) is 108 Å². The second-order valence-corrected chi connectivity index (χ2v) is 7.90. The highest BCUT2D eigenvalue weighted by molar-refractivity contribution is 5.66.